The molecule has 24 atom stereocenters. The molecule has 0 aromatic carbocycles. The molecule has 6 aliphatic rings. The number of aliphatic hydroxyl groups excluding tert-OH is 9. The van der Waals surface area contributed by atoms with Gasteiger partial charge in [-0.1, -0.05) is 115 Å². The summed E-state index contributed by atoms with van der Waals surface area (Å²) >= 11 is 0. The van der Waals surface area contributed by atoms with Crippen LogP contribution in [0.3, 0.4) is 0 Å². The second-order valence-corrected chi connectivity index (χ2v) is 30.6. The van der Waals surface area contributed by atoms with E-state index in [1.807, 2.05) is 20.8 Å². The summed E-state index contributed by atoms with van der Waals surface area (Å²) in [5, 5.41) is 122. The minimum Gasteiger partial charge on any atom is -0.550 e. The topological polar surface area (TPSA) is 444 Å². The Morgan fingerprint density at radius 1 is 0.377 bits per heavy atom. The molecule has 606 valence electrons. The molecular formula is C78H130CaO27. The third kappa shape index (κ3) is 38.3. The van der Waals surface area contributed by atoms with Gasteiger partial charge in [0.25, 0.3) is 0 Å². The van der Waals surface area contributed by atoms with Crippen molar-refractivity contribution in [3.05, 3.63) is 34.9 Å². The van der Waals surface area contributed by atoms with Gasteiger partial charge in [0.2, 0.25) is 0 Å². The maximum atomic E-state index is 12.1. The maximum absolute atomic E-state index is 12.1. The van der Waals surface area contributed by atoms with Crippen molar-refractivity contribution in [2.24, 2.45) is 35.5 Å². The van der Waals surface area contributed by atoms with Gasteiger partial charge in [-0.25, -0.2) is 14.4 Å². The molecule has 0 aromatic rings. The van der Waals surface area contributed by atoms with Crippen molar-refractivity contribution in [1.82, 2.24) is 0 Å². The van der Waals surface area contributed by atoms with Crippen LogP contribution in [0.25, 0.3) is 0 Å². The Hall–Kier alpha value is -3.30. The van der Waals surface area contributed by atoms with Gasteiger partial charge in [0.15, 0.2) is 0 Å². The van der Waals surface area contributed by atoms with E-state index < -0.39 is 109 Å². The predicted molar refractivity (Wildman–Crippen MR) is 386 cm³/mol. The molecule has 0 spiro atoms. The van der Waals surface area contributed by atoms with Gasteiger partial charge in [0.1, 0.15) is 18.3 Å². The van der Waals surface area contributed by atoms with Crippen molar-refractivity contribution >= 4 is 73.6 Å². The molecule has 28 heteroatoms. The Morgan fingerprint density at radius 3 is 0.849 bits per heavy atom. The number of aliphatic carboxylic acids is 3. The zero-order valence-electron chi connectivity index (χ0n) is 64.5. The number of aliphatic hydroxyl groups is 9. The monoisotopic (exact) mass is 1540 g/mol. The number of ether oxygens (including phenoxy) is 9. The summed E-state index contributed by atoms with van der Waals surface area (Å²) in [5.74, 6) is -4.79. The molecule has 10 N–H and O–H groups in total. The van der Waals surface area contributed by atoms with Gasteiger partial charge >= 0.3 is 61.6 Å². The Bertz CT molecular complexity index is 2360. The minimum atomic E-state index is -1.06. The average molecular weight is 1540 g/mol. The van der Waals surface area contributed by atoms with E-state index in [4.69, 9.17) is 47.7 Å². The van der Waals surface area contributed by atoms with Crippen LogP contribution in [0.1, 0.15) is 236 Å². The van der Waals surface area contributed by atoms with Crippen molar-refractivity contribution < 1.29 is 133 Å². The first kappa shape index (κ1) is 96.9. The quantitative estimate of drug-likeness (QED) is 0.00983. The van der Waals surface area contributed by atoms with Gasteiger partial charge in [-0.15, -0.1) is 0 Å². The number of carbonyl (C=O) groups excluding carboxylic acids is 5. The maximum Gasteiger partial charge on any atom is 2.00 e. The number of carbonyl (C=O) groups is 6. The molecule has 106 heavy (non-hydrogen) atoms. The molecule has 6 heterocycles. The fraction of sp³-hybridized carbons (Fsp3) is 0.846. The summed E-state index contributed by atoms with van der Waals surface area (Å²) in [4.78, 5) is 67.3. The number of carboxylic acids is 3. The minimum absolute atomic E-state index is 0. The van der Waals surface area contributed by atoms with E-state index >= 15 is 0 Å². The van der Waals surface area contributed by atoms with Crippen LogP contribution in [0, 0.1) is 35.5 Å². The van der Waals surface area contributed by atoms with Crippen LogP contribution in [-0.2, 0) is 71.4 Å². The molecule has 0 radical (unpaired) electrons. The fourth-order valence-corrected chi connectivity index (χ4v) is 13.8. The Labute approximate surface area is 657 Å². The second-order valence-electron chi connectivity index (χ2n) is 30.6. The molecule has 27 nitrogen and oxygen atoms in total. The SMILES string of the molecule is C/C(=C\C(=O)OCCCCCCCCC(=O)O)C[C@@H]1OC[C@H](C[C@@H]2O[C@H]2[C@@H](C)[C@H](C)O)[C@@H](O)[C@H]1O.C/C(=C\C(=O)OCCCCCCCCC(=O)[O-])C[C@@H]1OC[C@H](C[C@@H]2O[C@H]2[C@@H](C)[C@H](C)O)[C@@H](O)[C@H]1O.C/C(=C\C(=O)OCCCCCCCCC(=O)[O-])C[C@@H]1OC[C@H](C[C@@H]2O[C@H]2[C@@H](C)[C@H](C)O)[C@@H](O)[C@H]1O.[Ca+2]. The molecule has 0 amide bonds. The van der Waals surface area contributed by atoms with Crippen molar-refractivity contribution in [3.63, 3.8) is 0 Å². The predicted octanol–water partition coefficient (Wildman–Crippen LogP) is 4.73. The first-order valence-electron chi connectivity index (χ1n) is 38.9. The van der Waals surface area contributed by atoms with E-state index in [-0.39, 0.29) is 129 Å². The Kier molecular flexibility index (Phi) is 47.6. The summed E-state index contributed by atoms with van der Waals surface area (Å²) in [6, 6.07) is 0. The largest absolute Gasteiger partial charge is 2.00 e. The molecule has 0 unspecified atom stereocenters. The smallest absolute Gasteiger partial charge is 0.550 e. The van der Waals surface area contributed by atoms with Gasteiger partial charge in [0, 0.05) is 72.1 Å². The first-order valence-corrected chi connectivity index (χ1v) is 38.9. The number of esters is 3. The van der Waals surface area contributed by atoms with E-state index in [0.29, 0.717) is 114 Å². The Morgan fingerprint density at radius 2 is 0.613 bits per heavy atom. The van der Waals surface area contributed by atoms with E-state index in [0.717, 1.165) is 96.3 Å². The second kappa shape index (κ2) is 52.1. The van der Waals surface area contributed by atoms with Crippen LogP contribution >= 0.6 is 0 Å². The van der Waals surface area contributed by atoms with Crippen LogP contribution in [0.4, 0.5) is 0 Å². The van der Waals surface area contributed by atoms with Crippen molar-refractivity contribution in [2.75, 3.05) is 39.6 Å². The van der Waals surface area contributed by atoms with Gasteiger partial charge in [-0.3, -0.25) is 4.79 Å². The molecular weight excluding hydrogens is 1410 g/mol. The van der Waals surface area contributed by atoms with Crippen molar-refractivity contribution in [1.29, 1.82) is 0 Å². The molecule has 6 rings (SSSR count). The summed E-state index contributed by atoms with van der Waals surface area (Å²) in [6.45, 7) is 18.2. The molecule has 0 aliphatic carbocycles. The third-order valence-electron chi connectivity index (χ3n) is 21.3. The standard InChI is InChI=1S/3C26H44O9.Ca/c3*1-16(13-23(30)33-11-9-7-5-4-6-8-10-22(28)29)12-20-25(32)24(31)19(15-34-20)14-21-26(35-21)17(2)18(3)27;/h3*13,17-21,24-27,31-32H,4-12,14-15H2,1-3H3,(H,28,29);/q;;;+2/p-2/b3*16-13+;/t3*17-,18-,19-,20-,21-,24+,25-,26-;/m000./s1. The number of hydrogen-bond donors (Lipinski definition) is 10. The van der Waals surface area contributed by atoms with Crippen LogP contribution in [0.5, 0.6) is 0 Å². The molecule has 6 fully saturated rings. The molecule has 0 aromatic heterocycles. The van der Waals surface area contributed by atoms with Crippen LogP contribution < -0.4 is 10.2 Å². The average Bonchev–Trinajstić information content (AvgIpc) is 1.66. The molecule has 0 saturated carbocycles. The van der Waals surface area contributed by atoms with E-state index in [2.05, 4.69) is 0 Å². The third-order valence-corrected chi connectivity index (χ3v) is 21.3. The molecule has 6 saturated heterocycles. The number of rotatable bonds is 48. The molecule has 0 bridgehead atoms. The van der Waals surface area contributed by atoms with E-state index in [1.54, 1.807) is 41.5 Å². The van der Waals surface area contributed by atoms with Crippen LogP contribution in [0.15, 0.2) is 34.9 Å². The van der Waals surface area contributed by atoms with Gasteiger partial charge in [-0.05, 0) is 131 Å². The zero-order chi connectivity index (χ0) is 77.9. The summed E-state index contributed by atoms with van der Waals surface area (Å²) < 4.78 is 50.1. The van der Waals surface area contributed by atoms with Gasteiger partial charge in [-0.2, -0.15) is 0 Å². The van der Waals surface area contributed by atoms with Crippen molar-refractivity contribution in [2.45, 2.75) is 346 Å². The summed E-state index contributed by atoms with van der Waals surface area (Å²) in [5.41, 5.74) is 2.11. The van der Waals surface area contributed by atoms with E-state index in [1.165, 1.54) is 18.2 Å². The van der Waals surface area contributed by atoms with E-state index in [9.17, 15) is 84.9 Å². The normalized spacial score (nSPS) is 30.2. The summed E-state index contributed by atoms with van der Waals surface area (Å²) in [7, 11) is 0. The first-order chi connectivity index (χ1) is 49.8. The summed E-state index contributed by atoms with van der Waals surface area (Å²) in [6.07, 6.45) is 13.2. The van der Waals surface area contributed by atoms with Crippen molar-refractivity contribution in [3.8, 4) is 0 Å². The zero-order valence-corrected chi connectivity index (χ0v) is 66.8. The number of carboxylic acid groups (broad SMARTS) is 3. The Balaban J connectivity index is 0.000000411. The number of hydrogen-bond acceptors (Lipinski definition) is 26. The van der Waals surface area contributed by atoms with Gasteiger partial charge < -0.3 is 113 Å². The van der Waals surface area contributed by atoms with Crippen LogP contribution in [0.2, 0.25) is 0 Å². The number of epoxide rings is 3. The molecule has 6 aliphatic heterocycles. The fourth-order valence-electron chi connectivity index (χ4n) is 13.8. The number of unbranched alkanes of at least 4 members (excludes halogenated alkanes) is 15. The van der Waals surface area contributed by atoms with Gasteiger partial charge in [0.05, 0.1) is 131 Å². The van der Waals surface area contributed by atoms with Crippen LogP contribution in [-0.4, -0.2) is 274 Å².